The van der Waals surface area contributed by atoms with Gasteiger partial charge in [0.2, 0.25) is 5.91 Å². The first-order valence-electron chi connectivity index (χ1n) is 10.6. The Morgan fingerprint density at radius 1 is 0.967 bits per heavy atom. The van der Waals surface area contributed by atoms with Gasteiger partial charge in [-0.05, 0) is 43.6 Å². The van der Waals surface area contributed by atoms with Crippen LogP contribution in [-0.4, -0.2) is 39.1 Å². The van der Waals surface area contributed by atoms with Crippen molar-refractivity contribution in [2.24, 2.45) is 5.92 Å². The SMILES string of the molecule is O=C1CCC(c2ccc(-c3nc4[nH]c(=O)[nH]c4nc3CCC3CCOCC3)cc2)N1. The second-order valence-electron chi connectivity index (χ2n) is 8.17. The van der Waals surface area contributed by atoms with Gasteiger partial charge in [-0.3, -0.25) is 14.8 Å². The van der Waals surface area contributed by atoms with Gasteiger partial charge in [0.05, 0.1) is 17.4 Å². The molecule has 8 nitrogen and oxygen atoms in total. The fraction of sp³-hybridized carbons (Fsp3) is 0.455. The molecule has 2 fully saturated rings. The number of rotatable bonds is 5. The van der Waals surface area contributed by atoms with Crippen molar-refractivity contribution in [3.05, 3.63) is 46.0 Å². The normalized spacial score (nSPS) is 20.0. The number of carbonyl (C=O) groups excluding carboxylic acids is 1. The fourth-order valence-electron chi connectivity index (χ4n) is 4.41. The second kappa shape index (κ2) is 8.02. The van der Waals surface area contributed by atoms with Crippen LogP contribution >= 0.6 is 0 Å². The molecule has 5 rings (SSSR count). The molecule has 0 spiro atoms. The number of aryl methyl sites for hydroxylation is 1. The summed E-state index contributed by atoms with van der Waals surface area (Å²) in [6.45, 7) is 1.65. The van der Waals surface area contributed by atoms with E-state index in [4.69, 9.17) is 14.7 Å². The van der Waals surface area contributed by atoms with E-state index in [1.807, 2.05) is 24.3 Å². The van der Waals surface area contributed by atoms with Crippen LogP contribution in [0.25, 0.3) is 22.6 Å². The molecular formula is C22H25N5O3. The summed E-state index contributed by atoms with van der Waals surface area (Å²) < 4.78 is 5.47. The standard InChI is InChI=1S/C22H25N5O3/c28-18-8-7-16(23-18)14-2-4-15(5-3-14)19-17(6-1-13-9-11-30-12-10-13)24-20-21(25-19)27-22(29)26-20/h2-5,13,16H,1,6-12H2,(H,23,28)(H2,24,25,26,27,29). The van der Waals surface area contributed by atoms with E-state index in [1.54, 1.807) is 0 Å². The zero-order valence-corrected chi connectivity index (χ0v) is 16.7. The lowest BCUT2D eigenvalue weighted by Gasteiger charge is -2.22. The van der Waals surface area contributed by atoms with Crippen molar-refractivity contribution in [1.29, 1.82) is 0 Å². The minimum absolute atomic E-state index is 0.0779. The highest BCUT2D eigenvalue weighted by Crippen LogP contribution is 2.29. The third-order valence-electron chi connectivity index (χ3n) is 6.14. The molecule has 0 aliphatic carbocycles. The Labute approximate surface area is 173 Å². The lowest BCUT2D eigenvalue weighted by atomic mass is 9.93. The monoisotopic (exact) mass is 407 g/mol. The number of H-pyrrole nitrogens is 2. The molecule has 30 heavy (non-hydrogen) atoms. The first-order valence-corrected chi connectivity index (χ1v) is 10.6. The Morgan fingerprint density at radius 3 is 2.40 bits per heavy atom. The Balaban J connectivity index is 1.45. The van der Waals surface area contributed by atoms with Crippen molar-refractivity contribution in [1.82, 2.24) is 25.3 Å². The van der Waals surface area contributed by atoms with Crippen molar-refractivity contribution in [3.8, 4) is 11.3 Å². The zero-order chi connectivity index (χ0) is 20.5. The lowest BCUT2D eigenvalue weighted by Crippen LogP contribution is -2.18. The molecule has 1 aromatic carbocycles. The molecule has 1 amide bonds. The molecule has 3 N–H and O–H groups in total. The van der Waals surface area contributed by atoms with Gasteiger partial charge in [0.25, 0.3) is 0 Å². The summed E-state index contributed by atoms with van der Waals surface area (Å²) in [5.41, 5.74) is 4.41. The molecule has 1 unspecified atom stereocenters. The number of benzene rings is 1. The summed E-state index contributed by atoms with van der Waals surface area (Å²) >= 11 is 0. The topological polar surface area (TPSA) is 113 Å². The first kappa shape index (κ1) is 19.0. The molecule has 2 aromatic heterocycles. The van der Waals surface area contributed by atoms with E-state index in [-0.39, 0.29) is 17.6 Å². The average molecular weight is 407 g/mol. The van der Waals surface area contributed by atoms with Crippen LogP contribution in [0.15, 0.2) is 29.1 Å². The molecule has 156 valence electrons. The van der Waals surface area contributed by atoms with Gasteiger partial charge < -0.3 is 10.1 Å². The zero-order valence-electron chi connectivity index (χ0n) is 16.7. The third kappa shape index (κ3) is 3.87. The molecular weight excluding hydrogens is 382 g/mol. The summed E-state index contributed by atoms with van der Waals surface area (Å²) in [4.78, 5) is 38.1. The number of fused-ring (bicyclic) bond motifs is 1. The number of imidazole rings is 1. The first-order chi connectivity index (χ1) is 14.7. The van der Waals surface area contributed by atoms with Gasteiger partial charge in [0.15, 0.2) is 11.3 Å². The van der Waals surface area contributed by atoms with Crippen molar-refractivity contribution >= 4 is 17.2 Å². The fourth-order valence-corrected chi connectivity index (χ4v) is 4.41. The molecule has 0 saturated carbocycles. The van der Waals surface area contributed by atoms with Crippen LogP contribution in [0.1, 0.15) is 49.4 Å². The van der Waals surface area contributed by atoms with Crippen LogP contribution < -0.4 is 11.0 Å². The van der Waals surface area contributed by atoms with Crippen molar-refractivity contribution in [3.63, 3.8) is 0 Å². The average Bonchev–Trinajstić information content (AvgIpc) is 3.36. The predicted molar refractivity (Wildman–Crippen MR) is 112 cm³/mol. The number of amides is 1. The van der Waals surface area contributed by atoms with Crippen LogP contribution in [0.5, 0.6) is 0 Å². The van der Waals surface area contributed by atoms with E-state index in [1.165, 1.54) is 0 Å². The molecule has 0 radical (unpaired) electrons. The van der Waals surface area contributed by atoms with Gasteiger partial charge in [-0.1, -0.05) is 24.3 Å². The number of aromatic nitrogens is 4. The van der Waals surface area contributed by atoms with Gasteiger partial charge in [-0.15, -0.1) is 0 Å². The van der Waals surface area contributed by atoms with Gasteiger partial charge in [-0.25, -0.2) is 14.8 Å². The van der Waals surface area contributed by atoms with Crippen molar-refractivity contribution < 1.29 is 9.53 Å². The Kier molecular flexibility index (Phi) is 5.08. The Morgan fingerprint density at radius 2 is 1.70 bits per heavy atom. The highest BCUT2D eigenvalue weighted by Gasteiger charge is 2.23. The smallest absolute Gasteiger partial charge is 0.326 e. The van der Waals surface area contributed by atoms with Crippen LogP contribution in [0.3, 0.4) is 0 Å². The lowest BCUT2D eigenvalue weighted by molar-refractivity contribution is -0.119. The highest BCUT2D eigenvalue weighted by molar-refractivity contribution is 5.79. The number of aromatic amines is 2. The minimum atomic E-state index is -0.301. The molecule has 0 bridgehead atoms. The summed E-state index contributed by atoms with van der Waals surface area (Å²) in [5, 5.41) is 3.00. The molecule has 8 heteroatoms. The third-order valence-corrected chi connectivity index (χ3v) is 6.14. The number of ether oxygens (including phenoxy) is 1. The molecule has 1 atom stereocenters. The van der Waals surface area contributed by atoms with Gasteiger partial charge >= 0.3 is 5.69 Å². The second-order valence-corrected chi connectivity index (χ2v) is 8.17. The largest absolute Gasteiger partial charge is 0.381 e. The molecule has 2 saturated heterocycles. The van der Waals surface area contributed by atoms with E-state index in [9.17, 15) is 9.59 Å². The minimum Gasteiger partial charge on any atom is -0.381 e. The predicted octanol–water partition coefficient (Wildman–Crippen LogP) is 2.62. The van der Waals surface area contributed by atoms with Crippen molar-refractivity contribution in [2.75, 3.05) is 13.2 Å². The molecule has 2 aliphatic rings. The maximum absolute atomic E-state index is 11.7. The van der Waals surface area contributed by atoms with E-state index in [0.717, 1.165) is 67.8 Å². The van der Waals surface area contributed by atoms with Crippen molar-refractivity contribution in [2.45, 2.75) is 44.6 Å². The molecule has 2 aliphatic heterocycles. The maximum Gasteiger partial charge on any atom is 0.326 e. The Hall–Kier alpha value is -3.00. The van der Waals surface area contributed by atoms with Gasteiger partial charge in [0.1, 0.15) is 0 Å². The van der Waals surface area contributed by atoms with Gasteiger partial charge in [-0.2, -0.15) is 0 Å². The Bertz CT molecular complexity index is 1110. The molecule has 3 aromatic rings. The summed E-state index contributed by atoms with van der Waals surface area (Å²) in [6, 6.07) is 8.21. The van der Waals surface area contributed by atoms with E-state index in [2.05, 4.69) is 15.3 Å². The summed E-state index contributed by atoms with van der Waals surface area (Å²) in [5.74, 6) is 0.731. The quantitative estimate of drug-likeness (QED) is 0.602. The maximum atomic E-state index is 11.7. The van der Waals surface area contributed by atoms with Crippen LogP contribution in [-0.2, 0) is 16.0 Å². The highest BCUT2D eigenvalue weighted by atomic mass is 16.5. The molecule has 4 heterocycles. The number of nitrogens with zero attached hydrogens (tertiary/aromatic N) is 2. The summed E-state index contributed by atoms with van der Waals surface area (Å²) in [6.07, 6.45) is 5.38. The summed E-state index contributed by atoms with van der Waals surface area (Å²) in [7, 11) is 0. The van der Waals surface area contributed by atoms with E-state index in [0.29, 0.717) is 23.6 Å². The number of hydrogen-bond donors (Lipinski definition) is 3. The van der Waals surface area contributed by atoms with Crippen LogP contribution in [0.2, 0.25) is 0 Å². The van der Waals surface area contributed by atoms with Crippen LogP contribution in [0, 0.1) is 5.92 Å². The van der Waals surface area contributed by atoms with Crippen LogP contribution in [0.4, 0.5) is 0 Å². The van der Waals surface area contributed by atoms with Gasteiger partial charge in [0, 0.05) is 25.2 Å². The number of carbonyl (C=O) groups is 1. The number of hydrogen-bond acceptors (Lipinski definition) is 5. The van der Waals surface area contributed by atoms with E-state index < -0.39 is 0 Å². The van der Waals surface area contributed by atoms with E-state index >= 15 is 0 Å². The number of nitrogens with one attached hydrogen (secondary N) is 3.